The molecule has 7 nitrogen and oxygen atoms in total. The van der Waals surface area contributed by atoms with Gasteiger partial charge >= 0.3 is 0 Å². The molecule has 0 bridgehead atoms. The minimum atomic E-state index is -0.524. The average Bonchev–Trinajstić information content (AvgIpc) is 2.62. The minimum Gasteiger partial charge on any atom is -0.493 e. The van der Waals surface area contributed by atoms with Gasteiger partial charge in [0.2, 0.25) is 5.91 Å². The highest BCUT2D eigenvalue weighted by Crippen LogP contribution is 2.29. The standard InChI is InChI=1S/C19H20N2O5/c1-4-26-17-9-6-14(12-18(17)25-3)7-10-19(22)20-15-8-5-13(2)11-16(15)21(23)24/h5-12H,4H2,1-3H3,(H,20,22)/b10-7+. The molecule has 0 spiro atoms. The number of nitro groups is 1. The lowest BCUT2D eigenvalue weighted by Gasteiger charge is -2.09. The van der Waals surface area contributed by atoms with Crippen molar-refractivity contribution in [1.29, 1.82) is 0 Å². The van der Waals surface area contributed by atoms with Crippen LogP contribution in [0.1, 0.15) is 18.1 Å². The predicted octanol–water partition coefficient (Wildman–Crippen LogP) is 3.96. The van der Waals surface area contributed by atoms with Gasteiger partial charge in [0.25, 0.3) is 5.69 Å². The second-order valence-electron chi connectivity index (χ2n) is 5.44. The van der Waals surface area contributed by atoms with Gasteiger partial charge in [-0.25, -0.2) is 0 Å². The smallest absolute Gasteiger partial charge is 0.293 e. The molecular weight excluding hydrogens is 336 g/mol. The first-order valence-corrected chi connectivity index (χ1v) is 7.99. The van der Waals surface area contributed by atoms with Gasteiger partial charge in [0.1, 0.15) is 5.69 Å². The number of rotatable bonds is 7. The van der Waals surface area contributed by atoms with Crippen LogP contribution in [0.3, 0.4) is 0 Å². The minimum absolute atomic E-state index is 0.144. The predicted molar refractivity (Wildman–Crippen MR) is 99.7 cm³/mol. The van der Waals surface area contributed by atoms with Crippen molar-refractivity contribution in [2.24, 2.45) is 0 Å². The molecule has 2 aromatic carbocycles. The van der Waals surface area contributed by atoms with Crippen LogP contribution in [0.5, 0.6) is 11.5 Å². The summed E-state index contributed by atoms with van der Waals surface area (Å²) in [6.45, 7) is 4.14. The summed E-state index contributed by atoms with van der Waals surface area (Å²) in [6, 6.07) is 9.90. The Balaban J connectivity index is 2.14. The molecular formula is C19H20N2O5. The molecule has 1 N–H and O–H groups in total. The SMILES string of the molecule is CCOc1ccc(/C=C/C(=O)Nc2ccc(C)cc2[N+](=O)[O-])cc1OC. The van der Waals surface area contributed by atoms with E-state index in [-0.39, 0.29) is 11.4 Å². The molecule has 0 fully saturated rings. The van der Waals surface area contributed by atoms with E-state index in [2.05, 4.69) is 5.32 Å². The maximum Gasteiger partial charge on any atom is 0.293 e. The van der Waals surface area contributed by atoms with Crippen LogP contribution >= 0.6 is 0 Å². The Morgan fingerprint density at radius 1 is 1.23 bits per heavy atom. The summed E-state index contributed by atoms with van der Waals surface area (Å²) < 4.78 is 10.7. The van der Waals surface area contributed by atoms with E-state index in [1.807, 2.05) is 6.92 Å². The molecule has 7 heteroatoms. The van der Waals surface area contributed by atoms with Gasteiger partial charge in [0, 0.05) is 12.1 Å². The second-order valence-corrected chi connectivity index (χ2v) is 5.44. The van der Waals surface area contributed by atoms with E-state index in [0.29, 0.717) is 18.1 Å². The Bertz CT molecular complexity index is 846. The molecule has 1 amide bonds. The summed E-state index contributed by atoms with van der Waals surface area (Å²) in [7, 11) is 1.54. The van der Waals surface area contributed by atoms with Crippen molar-refractivity contribution in [3.63, 3.8) is 0 Å². The maximum atomic E-state index is 12.1. The van der Waals surface area contributed by atoms with Crippen molar-refractivity contribution < 1.29 is 19.2 Å². The third-order valence-corrected chi connectivity index (χ3v) is 3.52. The summed E-state index contributed by atoms with van der Waals surface area (Å²) in [5, 5.41) is 13.6. The summed E-state index contributed by atoms with van der Waals surface area (Å²) in [4.78, 5) is 22.7. The Kier molecular flexibility index (Phi) is 6.32. The fourth-order valence-electron chi connectivity index (χ4n) is 2.31. The van der Waals surface area contributed by atoms with Crippen molar-refractivity contribution in [3.8, 4) is 11.5 Å². The van der Waals surface area contributed by atoms with Crippen LogP contribution in [0.25, 0.3) is 6.08 Å². The largest absolute Gasteiger partial charge is 0.493 e. The number of ether oxygens (including phenoxy) is 2. The first kappa shape index (κ1) is 19.0. The number of carbonyl (C=O) groups excluding carboxylic acids is 1. The molecule has 0 aliphatic carbocycles. The van der Waals surface area contributed by atoms with Crippen molar-refractivity contribution in [3.05, 3.63) is 63.7 Å². The zero-order chi connectivity index (χ0) is 19.1. The lowest BCUT2D eigenvalue weighted by Crippen LogP contribution is -2.09. The molecule has 2 aromatic rings. The number of nitrogens with one attached hydrogen (secondary N) is 1. The topological polar surface area (TPSA) is 90.7 Å². The van der Waals surface area contributed by atoms with Crippen LogP contribution in [-0.2, 0) is 4.79 Å². The van der Waals surface area contributed by atoms with E-state index in [1.165, 1.54) is 25.3 Å². The number of amides is 1. The van der Waals surface area contributed by atoms with Gasteiger partial charge in [-0.2, -0.15) is 0 Å². The number of hydrogen-bond donors (Lipinski definition) is 1. The number of nitro benzene ring substituents is 1. The first-order valence-electron chi connectivity index (χ1n) is 7.99. The third-order valence-electron chi connectivity index (χ3n) is 3.52. The van der Waals surface area contributed by atoms with Crippen LogP contribution in [-0.4, -0.2) is 24.5 Å². The molecule has 0 unspecified atom stereocenters. The van der Waals surface area contributed by atoms with Gasteiger partial charge in [-0.15, -0.1) is 0 Å². The Hall–Kier alpha value is -3.35. The number of benzene rings is 2. The summed E-state index contributed by atoms with van der Waals surface area (Å²) in [5.74, 6) is 0.709. The van der Waals surface area contributed by atoms with Gasteiger partial charge in [-0.05, 0) is 49.2 Å². The van der Waals surface area contributed by atoms with Gasteiger partial charge in [0.15, 0.2) is 11.5 Å². The molecule has 0 aromatic heterocycles. The van der Waals surface area contributed by atoms with Crippen molar-refractivity contribution in [2.75, 3.05) is 19.0 Å². The zero-order valence-corrected chi connectivity index (χ0v) is 14.8. The van der Waals surface area contributed by atoms with Crippen LogP contribution < -0.4 is 14.8 Å². The summed E-state index contributed by atoms with van der Waals surface area (Å²) in [6.07, 6.45) is 2.90. The number of aryl methyl sites for hydroxylation is 1. The molecule has 0 atom stereocenters. The maximum absolute atomic E-state index is 12.1. The molecule has 0 heterocycles. The van der Waals surface area contributed by atoms with E-state index in [0.717, 1.165) is 11.1 Å². The van der Waals surface area contributed by atoms with E-state index >= 15 is 0 Å². The molecule has 26 heavy (non-hydrogen) atoms. The highest BCUT2D eigenvalue weighted by atomic mass is 16.6. The van der Waals surface area contributed by atoms with E-state index < -0.39 is 10.8 Å². The number of hydrogen-bond acceptors (Lipinski definition) is 5. The van der Waals surface area contributed by atoms with Crippen molar-refractivity contribution in [2.45, 2.75) is 13.8 Å². The molecule has 0 aliphatic rings. The second kappa shape index (κ2) is 8.66. The third kappa shape index (κ3) is 4.83. The Labute approximate surface area is 151 Å². The van der Waals surface area contributed by atoms with Crippen LogP contribution in [0.2, 0.25) is 0 Å². The first-order chi connectivity index (χ1) is 12.4. The summed E-state index contributed by atoms with van der Waals surface area (Å²) >= 11 is 0. The number of carbonyl (C=O) groups is 1. The lowest BCUT2D eigenvalue weighted by atomic mass is 10.1. The van der Waals surface area contributed by atoms with Crippen LogP contribution in [0.4, 0.5) is 11.4 Å². The monoisotopic (exact) mass is 356 g/mol. The molecule has 2 rings (SSSR count). The number of anilines is 1. The molecule has 136 valence electrons. The highest BCUT2D eigenvalue weighted by molar-refractivity contribution is 6.03. The van der Waals surface area contributed by atoms with Crippen molar-refractivity contribution in [1.82, 2.24) is 0 Å². The number of nitrogens with zero attached hydrogens (tertiary/aromatic N) is 1. The van der Waals surface area contributed by atoms with Crippen LogP contribution in [0, 0.1) is 17.0 Å². The molecule has 0 radical (unpaired) electrons. The lowest BCUT2D eigenvalue weighted by molar-refractivity contribution is -0.384. The van der Waals surface area contributed by atoms with E-state index in [9.17, 15) is 14.9 Å². The van der Waals surface area contributed by atoms with Gasteiger partial charge in [-0.3, -0.25) is 14.9 Å². The van der Waals surface area contributed by atoms with Gasteiger partial charge in [-0.1, -0.05) is 12.1 Å². The normalized spacial score (nSPS) is 10.6. The average molecular weight is 356 g/mol. The molecule has 0 aliphatic heterocycles. The molecule has 0 saturated carbocycles. The zero-order valence-electron chi connectivity index (χ0n) is 14.8. The Morgan fingerprint density at radius 2 is 2.00 bits per heavy atom. The fraction of sp³-hybridized carbons (Fsp3) is 0.211. The number of methoxy groups -OCH3 is 1. The van der Waals surface area contributed by atoms with Crippen LogP contribution in [0.15, 0.2) is 42.5 Å². The summed E-state index contributed by atoms with van der Waals surface area (Å²) in [5.41, 5.74) is 1.49. The Morgan fingerprint density at radius 3 is 2.65 bits per heavy atom. The van der Waals surface area contributed by atoms with Gasteiger partial charge < -0.3 is 14.8 Å². The fourth-order valence-corrected chi connectivity index (χ4v) is 2.31. The van der Waals surface area contributed by atoms with E-state index in [4.69, 9.17) is 9.47 Å². The highest BCUT2D eigenvalue weighted by Gasteiger charge is 2.15. The van der Waals surface area contributed by atoms with E-state index in [1.54, 1.807) is 37.3 Å². The molecule has 0 saturated heterocycles. The van der Waals surface area contributed by atoms with Gasteiger partial charge in [0.05, 0.1) is 18.6 Å². The van der Waals surface area contributed by atoms with Crippen molar-refractivity contribution >= 4 is 23.4 Å². The quantitative estimate of drug-likeness (QED) is 0.461.